The van der Waals surface area contributed by atoms with Crippen LogP contribution in [0.5, 0.6) is 0 Å². The number of nitrogens with one attached hydrogen (secondary N) is 2. The van der Waals surface area contributed by atoms with Crippen LogP contribution >= 0.6 is 0 Å². The highest BCUT2D eigenvalue weighted by atomic mass is 16.2. The number of carbonyl (C=O) groups excluding carboxylic acids is 2. The number of hydrazine groups is 1. The van der Waals surface area contributed by atoms with Crippen LogP contribution in [0, 0.1) is 0 Å². The number of anilines is 1. The summed E-state index contributed by atoms with van der Waals surface area (Å²) in [4.78, 5) is 27.0. The van der Waals surface area contributed by atoms with Crippen molar-refractivity contribution in [3.05, 3.63) is 35.0 Å². The number of carbonyl (C=O) groups is 2. The molecule has 0 spiro atoms. The van der Waals surface area contributed by atoms with Gasteiger partial charge in [0.15, 0.2) is 0 Å². The van der Waals surface area contributed by atoms with Crippen LogP contribution in [0.3, 0.4) is 0 Å². The number of nitrogen functional groups attached to an aromatic ring is 1. The largest absolute Gasteiger partial charge is 0.398 e. The molecule has 126 valence electrons. The van der Waals surface area contributed by atoms with Crippen LogP contribution in [0.15, 0.2) is 18.2 Å². The highest BCUT2D eigenvalue weighted by molar-refractivity contribution is 6.00. The lowest BCUT2D eigenvalue weighted by Gasteiger charge is -2.23. The number of amides is 2. The third-order valence-corrected chi connectivity index (χ3v) is 4.30. The highest BCUT2D eigenvalue weighted by Crippen LogP contribution is 2.43. The first-order valence-electron chi connectivity index (χ1n) is 8.05. The molecule has 1 heterocycles. The standard InChI is InChI=1S/C18H22N4O2/c1-18(2,3)13-7-11(10-4-5-10)6-12-14(19)8-15(21-16(12)13)17(24)22-20-9-23/h6-10H,4-5H2,1-3H3,(H2,19,21)(H,20,23)(H,22,24). The first-order chi connectivity index (χ1) is 11.3. The molecular formula is C18H22N4O2. The first kappa shape index (κ1) is 16.2. The van der Waals surface area contributed by atoms with Crippen LogP contribution in [0.2, 0.25) is 0 Å². The Balaban J connectivity index is 2.19. The minimum absolute atomic E-state index is 0.126. The molecule has 1 aromatic carbocycles. The summed E-state index contributed by atoms with van der Waals surface area (Å²) in [6.07, 6.45) is 2.81. The van der Waals surface area contributed by atoms with Crippen molar-refractivity contribution in [1.29, 1.82) is 0 Å². The van der Waals surface area contributed by atoms with Gasteiger partial charge in [-0.2, -0.15) is 0 Å². The maximum absolute atomic E-state index is 12.1. The first-order valence-corrected chi connectivity index (χ1v) is 8.05. The molecule has 2 aromatic rings. The molecule has 2 amide bonds. The molecule has 0 aliphatic heterocycles. The number of pyridine rings is 1. The number of hydrogen-bond donors (Lipinski definition) is 3. The van der Waals surface area contributed by atoms with E-state index >= 15 is 0 Å². The van der Waals surface area contributed by atoms with Crippen molar-refractivity contribution < 1.29 is 9.59 Å². The van der Waals surface area contributed by atoms with E-state index in [0.29, 0.717) is 18.0 Å². The van der Waals surface area contributed by atoms with Gasteiger partial charge in [0.25, 0.3) is 5.91 Å². The lowest BCUT2D eigenvalue weighted by Crippen LogP contribution is -2.36. The predicted molar refractivity (Wildman–Crippen MR) is 93.5 cm³/mol. The second kappa shape index (κ2) is 5.78. The van der Waals surface area contributed by atoms with Gasteiger partial charge in [0, 0.05) is 11.1 Å². The normalized spacial score (nSPS) is 14.5. The molecule has 0 atom stereocenters. The van der Waals surface area contributed by atoms with Crippen LogP contribution in [-0.2, 0) is 10.2 Å². The molecule has 0 unspecified atom stereocenters. The lowest BCUT2D eigenvalue weighted by atomic mass is 9.83. The van der Waals surface area contributed by atoms with Gasteiger partial charge in [0.2, 0.25) is 6.41 Å². The van der Waals surface area contributed by atoms with Gasteiger partial charge in [-0.25, -0.2) is 4.98 Å². The molecule has 1 aliphatic carbocycles. The summed E-state index contributed by atoms with van der Waals surface area (Å²) >= 11 is 0. The minimum atomic E-state index is -0.498. The Morgan fingerprint density at radius 2 is 2.00 bits per heavy atom. The Labute approximate surface area is 140 Å². The molecule has 3 rings (SSSR count). The zero-order valence-corrected chi connectivity index (χ0v) is 14.1. The zero-order chi connectivity index (χ0) is 17.5. The van der Waals surface area contributed by atoms with Crippen LogP contribution in [-0.4, -0.2) is 17.3 Å². The van der Waals surface area contributed by atoms with Gasteiger partial charge >= 0.3 is 0 Å². The van der Waals surface area contributed by atoms with E-state index in [2.05, 4.69) is 48.7 Å². The Morgan fingerprint density at radius 1 is 1.29 bits per heavy atom. The molecule has 0 radical (unpaired) electrons. The predicted octanol–water partition coefficient (Wildman–Crippen LogP) is 2.38. The number of rotatable bonds is 4. The van der Waals surface area contributed by atoms with E-state index in [0.717, 1.165) is 16.5 Å². The van der Waals surface area contributed by atoms with Crippen molar-refractivity contribution in [2.75, 3.05) is 5.73 Å². The zero-order valence-electron chi connectivity index (χ0n) is 14.1. The summed E-state index contributed by atoms with van der Waals surface area (Å²) in [5.74, 6) is 0.108. The number of nitrogens with zero attached hydrogens (tertiary/aromatic N) is 1. The number of aromatic nitrogens is 1. The second-order valence-corrected chi connectivity index (χ2v) is 7.30. The monoisotopic (exact) mass is 326 g/mol. The van der Waals surface area contributed by atoms with E-state index in [1.54, 1.807) is 6.07 Å². The summed E-state index contributed by atoms with van der Waals surface area (Å²) < 4.78 is 0. The number of benzene rings is 1. The van der Waals surface area contributed by atoms with E-state index < -0.39 is 5.91 Å². The molecule has 0 bridgehead atoms. The molecule has 24 heavy (non-hydrogen) atoms. The van der Waals surface area contributed by atoms with Crippen molar-refractivity contribution in [1.82, 2.24) is 15.8 Å². The van der Waals surface area contributed by atoms with E-state index in [9.17, 15) is 9.59 Å². The van der Waals surface area contributed by atoms with Gasteiger partial charge in [-0.05, 0) is 47.4 Å². The fourth-order valence-corrected chi connectivity index (χ4v) is 2.87. The molecule has 6 heteroatoms. The Bertz CT molecular complexity index is 820. The molecule has 0 saturated heterocycles. The van der Waals surface area contributed by atoms with E-state index in [-0.39, 0.29) is 11.1 Å². The topological polar surface area (TPSA) is 97.1 Å². The van der Waals surface area contributed by atoms with Gasteiger partial charge in [-0.15, -0.1) is 0 Å². The quantitative estimate of drug-likeness (QED) is 0.593. The third kappa shape index (κ3) is 3.04. The van der Waals surface area contributed by atoms with E-state index in [1.165, 1.54) is 18.4 Å². The highest BCUT2D eigenvalue weighted by Gasteiger charge is 2.28. The molecule has 1 aliphatic rings. The SMILES string of the molecule is CC(C)(C)c1cc(C2CC2)cc2c(N)cc(C(=O)NNC=O)nc12. The Morgan fingerprint density at radius 3 is 2.58 bits per heavy atom. The third-order valence-electron chi connectivity index (χ3n) is 4.30. The number of fused-ring (bicyclic) bond motifs is 1. The van der Waals surface area contributed by atoms with Crippen molar-refractivity contribution in [3.63, 3.8) is 0 Å². The van der Waals surface area contributed by atoms with Gasteiger partial charge < -0.3 is 5.73 Å². The van der Waals surface area contributed by atoms with E-state index in [4.69, 9.17) is 5.73 Å². The molecule has 4 N–H and O–H groups in total. The van der Waals surface area contributed by atoms with Crippen molar-refractivity contribution in [2.45, 2.75) is 44.9 Å². The molecular weight excluding hydrogens is 304 g/mol. The van der Waals surface area contributed by atoms with Crippen molar-refractivity contribution in [2.24, 2.45) is 0 Å². The van der Waals surface area contributed by atoms with E-state index in [1.807, 2.05) is 0 Å². The van der Waals surface area contributed by atoms with Gasteiger partial charge in [-0.3, -0.25) is 20.4 Å². The van der Waals surface area contributed by atoms with Crippen LogP contribution in [0.25, 0.3) is 10.9 Å². The summed E-state index contributed by atoms with van der Waals surface area (Å²) in [5, 5.41) is 0.879. The summed E-state index contributed by atoms with van der Waals surface area (Å²) in [6.45, 7) is 6.37. The summed E-state index contributed by atoms with van der Waals surface area (Å²) in [7, 11) is 0. The summed E-state index contributed by atoms with van der Waals surface area (Å²) in [5.41, 5.74) is 14.3. The molecule has 1 saturated carbocycles. The number of nitrogens with two attached hydrogens (primary N) is 1. The van der Waals surface area contributed by atoms with Gasteiger partial charge in [0.05, 0.1) is 5.52 Å². The Hall–Kier alpha value is -2.63. The van der Waals surface area contributed by atoms with Crippen molar-refractivity contribution in [3.8, 4) is 0 Å². The lowest BCUT2D eigenvalue weighted by molar-refractivity contribution is -0.110. The van der Waals surface area contributed by atoms with Gasteiger partial charge in [0.1, 0.15) is 5.69 Å². The van der Waals surface area contributed by atoms with Crippen LogP contribution < -0.4 is 16.6 Å². The molecule has 6 nitrogen and oxygen atoms in total. The fourth-order valence-electron chi connectivity index (χ4n) is 2.87. The minimum Gasteiger partial charge on any atom is -0.398 e. The smallest absolute Gasteiger partial charge is 0.288 e. The maximum atomic E-state index is 12.1. The van der Waals surface area contributed by atoms with Crippen LogP contribution in [0.1, 0.15) is 61.1 Å². The maximum Gasteiger partial charge on any atom is 0.288 e. The van der Waals surface area contributed by atoms with Crippen LogP contribution in [0.4, 0.5) is 5.69 Å². The molecule has 1 fully saturated rings. The second-order valence-electron chi connectivity index (χ2n) is 7.30. The average molecular weight is 326 g/mol. The molecule has 1 aromatic heterocycles. The Kier molecular flexibility index (Phi) is 3.91. The fraction of sp³-hybridized carbons (Fsp3) is 0.389. The average Bonchev–Trinajstić information content (AvgIpc) is 3.35. The number of hydrogen-bond acceptors (Lipinski definition) is 4. The van der Waals surface area contributed by atoms with Crippen molar-refractivity contribution >= 4 is 28.9 Å². The van der Waals surface area contributed by atoms with Gasteiger partial charge in [-0.1, -0.05) is 26.8 Å². The summed E-state index contributed by atoms with van der Waals surface area (Å²) in [6, 6.07) is 5.83.